The molecule has 29 heavy (non-hydrogen) atoms. The molecular weight excluding hydrogens is 366 g/mol. The second-order valence-electron chi connectivity index (χ2n) is 7.18. The number of nitrogens with zero attached hydrogens (tertiary/aromatic N) is 2. The standard InChI is InChI=1S/C23H27N3O3/c1-17-6-3-4-7-20(17)29-13-10-24-15-19-16-26(2)25-23(19)18-8-9-21-22(14-18)28-12-5-11-27-21/h3-4,6-9,14,16,24H,5,10-13,15H2,1-2H3. The van der Waals surface area contributed by atoms with E-state index in [2.05, 4.69) is 23.4 Å². The summed E-state index contributed by atoms with van der Waals surface area (Å²) >= 11 is 0. The van der Waals surface area contributed by atoms with Gasteiger partial charge in [-0.05, 0) is 36.8 Å². The van der Waals surface area contributed by atoms with Gasteiger partial charge in [0.15, 0.2) is 11.5 Å². The number of para-hydroxylation sites is 1. The van der Waals surface area contributed by atoms with Crippen LogP contribution in [0.25, 0.3) is 11.3 Å². The highest BCUT2D eigenvalue weighted by Crippen LogP contribution is 2.34. The smallest absolute Gasteiger partial charge is 0.161 e. The van der Waals surface area contributed by atoms with Crippen molar-refractivity contribution >= 4 is 0 Å². The van der Waals surface area contributed by atoms with Crippen LogP contribution in [0.5, 0.6) is 17.2 Å². The third-order valence-electron chi connectivity index (χ3n) is 4.87. The zero-order chi connectivity index (χ0) is 20.1. The fourth-order valence-corrected chi connectivity index (χ4v) is 3.40. The molecule has 6 nitrogen and oxygen atoms in total. The quantitative estimate of drug-likeness (QED) is 0.620. The van der Waals surface area contributed by atoms with Crippen molar-refractivity contribution in [2.45, 2.75) is 19.9 Å². The maximum Gasteiger partial charge on any atom is 0.161 e. The molecule has 0 aliphatic carbocycles. The van der Waals surface area contributed by atoms with Crippen LogP contribution in [-0.4, -0.2) is 36.1 Å². The topological polar surface area (TPSA) is 57.5 Å². The summed E-state index contributed by atoms with van der Waals surface area (Å²) in [6.07, 6.45) is 2.95. The van der Waals surface area contributed by atoms with Crippen molar-refractivity contribution in [1.82, 2.24) is 15.1 Å². The first-order chi connectivity index (χ1) is 14.2. The van der Waals surface area contributed by atoms with Crippen LogP contribution in [0.3, 0.4) is 0 Å². The molecule has 0 bridgehead atoms. The van der Waals surface area contributed by atoms with Crippen molar-refractivity contribution < 1.29 is 14.2 Å². The maximum atomic E-state index is 5.86. The summed E-state index contributed by atoms with van der Waals surface area (Å²) < 4.78 is 19.3. The largest absolute Gasteiger partial charge is 0.492 e. The van der Waals surface area contributed by atoms with Gasteiger partial charge in [0.05, 0.1) is 18.9 Å². The minimum Gasteiger partial charge on any atom is -0.492 e. The summed E-state index contributed by atoms with van der Waals surface area (Å²) in [5.41, 5.74) is 4.27. The van der Waals surface area contributed by atoms with Gasteiger partial charge in [-0.3, -0.25) is 4.68 Å². The lowest BCUT2D eigenvalue weighted by Crippen LogP contribution is -2.20. The fraction of sp³-hybridized carbons (Fsp3) is 0.348. The molecule has 0 amide bonds. The van der Waals surface area contributed by atoms with Gasteiger partial charge in [-0.25, -0.2) is 0 Å². The first-order valence-electron chi connectivity index (χ1n) is 10.0. The van der Waals surface area contributed by atoms with Crippen molar-refractivity contribution in [1.29, 1.82) is 0 Å². The molecule has 152 valence electrons. The molecular formula is C23H27N3O3. The minimum absolute atomic E-state index is 0.616. The normalized spacial score (nSPS) is 13.2. The maximum absolute atomic E-state index is 5.86. The highest BCUT2D eigenvalue weighted by Gasteiger charge is 2.15. The molecule has 0 atom stereocenters. The highest BCUT2D eigenvalue weighted by atomic mass is 16.5. The van der Waals surface area contributed by atoms with E-state index in [4.69, 9.17) is 14.2 Å². The van der Waals surface area contributed by atoms with Crippen LogP contribution >= 0.6 is 0 Å². The Morgan fingerprint density at radius 2 is 1.93 bits per heavy atom. The Hall–Kier alpha value is -2.99. The number of aromatic nitrogens is 2. The van der Waals surface area contributed by atoms with E-state index < -0.39 is 0 Å². The summed E-state index contributed by atoms with van der Waals surface area (Å²) in [4.78, 5) is 0. The van der Waals surface area contributed by atoms with Gasteiger partial charge in [0, 0.05) is 43.9 Å². The van der Waals surface area contributed by atoms with Crippen LogP contribution in [0, 0.1) is 6.92 Å². The summed E-state index contributed by atoms with van der Waals surface area (Å²) in [6.45, 7) is 5.51. The Bertz CT molecular complexity index is 968. The zero-order valence-corrected chi connectivity index (χ0v) is 17.0. The lowest BCUT2D eigenvalue weighted by atomic mass is 10.1. The Kier molecular flexibility index (Phi) is 6.00. The molecule has 0 radical (unpaired) electrons. The molecule has 0 spiro atoms. The van der Waals surface area contributed by atoms with Crippen molar-refractivity contribution in [2.75, 3.05) is 26.4 Å². The van der Waals surface area contributed by atoms with E-state index in [0.717, 1.165) is 59.1 Å². The highest BCUT2D eigenvalue weighted by molar-refractivity contribution is 5.66. The lowest BCUT2D eigenvalue weighted by molar-refractivity contribution is 0.297. The number of hydrogen-bond acceptors (Lipinski definition) is 5. The molecule has 0 saturated heterocycles. The zero-order valence-electron chi connectivity index (χ0n) is 17.0. The van der Waals surface area contributed by atoms with Gasteiger partial charge in [0.25, 0.3) is 0 Å². The van der Waals surface area contributed by atoms with Gasteiger partial charge in [-0.2, -0.15) is 5.10 Å². The predicted octanol–water partition coefficient (Wildman–Crippen LogP) is 3.73. The van der Waals surface area contributed by atoms with E-state index in [1.165, 1.54) is 0 Å². The van der Waals surface area contributed by atoms with E-state index in [-0.39, 0.29) is 0 Å². The minimum atomic E-state index is 0.616. The molecule has 0 saturated carbocycles. The first-order valence-corrected chi connectivity index (χ1v) is 10.0. The van der Waals surface area contributed by atoms with Gasteiger partial charge in [0.1, 0.15) is 12.4 Å². The molecule has 2 aromatic carbocycles. The van der Waals surface area contributed by atoms with Gasteiger partial charge < -0.3 is 19.5 Å². The van der Waals surface area contributed by atoms with E-state index >= 15 is 0 Å². The number of nitrogens with one attached hydrogen (secondary N) is 1. The predicted molar refractivity (Wildman–Crippen MR) is 113 cm³/mol. The van der Waals surface area contributed by atoms with Crippen LogP contribution in [0.1, 0.15) is 17.5 Å². The molecule has 2 heterocycles. The van der Waals surface area contributed by atoms with Crippen LogP contribution in [0.4, 0.5) is 0 Å². The third-order valence-corrected chi connectivity index (χ3v) is 4.87. The van der Waals surface area contributed by atoms with Crippen molar-refractivity contribution in [3.8, 4) is 28.5 Å². The summed E-state index contributed by atoms with van der Waals surface area (Å²) in [6, 6.07) is 14.1. The molecule has 6 heteroatoms. The van der Waals surface area contributed by atoms with Crippen LogP contribution < -0.4 is 19.5 Å². The Labute approximate surface area is 171 Å². The Balaban J connectivity index is 1.38. The number of benzene rings is 2. The molecule has 1 aliphatic rings. The van der Waals surface area contributed by atoms with Crippen LogP contribution in [-0.2, 0) is 13.6 Å². The number of fused-ring (bicyclic) bond motifs is 1. The van der Waals surface area contributed by atoms with Crippen molar-refractivity contribution in [3.63, 3.8) is 0 Å². The third kappa shape index (κ3) is 4.71. The van der Waals surface area contributed by atoms with Gasteiger partial charge in [0.2, 0.25) is 0 Å². The fourth-order valence-electron chi connectivity index (χ4n) is 3.40. The van der Waals surface area contributed by atoms with Gasteiger partial charge in [-0.1, -0.05) is 18.2 Å². The average Bonchev–Trinajstić information content (AvgIpc) is 2.94. The molecule has 3 aromatic rings. The molecule has 1 aromatic heterocycles. The van der Waals surface area contributed by atoms with E-state index in [1.54, 1.807) is 0 Å². The molecule has 1 aliphatic heterocycles. The average molecular weight is 393 g/mol. The van der Waals surface area contributed by atoms with E-state index in [0.29, 0.717) is 19.8 Å². The molecule has 0 unspecified atom stereocenters. The van der Waals surface area contributed by atoms with Gasteiger partial charge >= 0.3 is 0 Å². The first kappa shape index (κ1) is 19.3. The number of rotatable bonds is 7. The van der Waals surface area contributed by atoms with Crippen molar-refractivity contribution in [3.05, 3.63) is 59.8 Å². The monoisotopic (exact) mass is 393 g/mol. The Morgan fingerprint density at radius 1 is 1.10 bits per heavy atom. The number of ether oxygens (including phenoxy) is 3. The molecule has 0 fully saturated rings. The second-order valence-corrected chi connectivity index (χ2v) is 7.18. The lowest BCUT2D eigenvalue weighted by Gasteiger charge is -2.11. The van der Waals surface area contributed by atoms with Crippen LogP contribution in [0.15, 0.2) is 48.7 Å². The van der Waals surface area contributed by atoms with E-state index in [1.807, 2.05) is 54.3 Å². The Morgan fingerprint density at radius 3 is 2.79 bits per heavy atom. The summed E-state index contributed by atoms with van der Waals surface area (Å²) in [5, 5.41) is 8.11. The second kappa shape index (κ2) is 9.01. The molecule has 4 rings (SSSR count). The summed E-state index contributed by atoms with van der Waals surface area (Å²) in [7, 11) is 1.94. The van der Waals surface area contributed by atoms with Gasteiger partial charge in [-0.15, -0.1) is 0 Å². The number of aryl methyl sites for hydroxylation is 2. The van der Waals surface area contributed by atoms with Crippen molar-refractivity contribution in [2.24, 2.45) is 7.05 Å². The summed E-state index contributed by atoms with van der Waals surface area (Å²) in [5.74, 6) is 2.52. The van der Waals surface area contributed by atoms with E-state index in [9.17, 15) is 0 Å². The van der Waals surface area contributed by atoms with Crippen LogP contribution in [0.2, 0.25) is 0 Å². The SMILES string of the molecule is Cc1ccccc1OCCNCc1cn(C)nc1-c1ccc2c(c1)OCCCO2. The number of hydrogen-bond donors (Lipinski definition) is 1. The molecule has 1 N–H and O–H groups in total.